The van der Waals surface area contributed by atoms with Crippen LogP contribution in [0.5, 0.6) is 0 Å². The number of amides is 1. The Morgan fingerprint density at radius 1 is 1.32 bits per heavy atom. The summed E-state index contributed by atoms with van der Waals surface area (Å²) in [5.41, 5.74) is -0.573. The molecule has 0 atom stereocenters. The summed E-state index contributed by atoms with van der Waals surface area (Å²) in [7, 11) is 0. The Morgan fingerprint density at radius 2 is 1.89 bits per heavy atom. The van der Waals surface area contributed by atoms with E-state index in [1.54, 1.807) is 12.1 Å². The lowest BCUT2D eigenvalue weighted by atomic mass is 9.88. The summed E-state index contributed by atoms with van der Waals surface area (Å²) in [5, 5.41) is 29.1. The Bertz CT molecular complexity index is 526. The van der Waals surface area contributed by atoms with E-state index < -0.39 is 5.66 Å². The predicted molar refractivity (Wildman–Crippen MR) is 67.5 cm³/mol. The maximum Gasteiger partial charge on any atom is 0.227 e. The van der Waals surface area contributed by atoms with Gasteiger partial charge >= 0.3 is 0 Å². The minimum atomic E-state index is -0.616. The average Bonchev–Trinajstić information content (AvgIpc) is 2.65. The minimum absolute atomic E-state index is 0.0625. The van der Waals surface area contributed by atoms with Gasteiger partial charge < -0.3 is 5.32 Å². The smallest absolute Gasteiger partial charge is 0.227 e. The van der Waals surface area contributed by atoms with Gasteiger partial charge in [0.1, 0.15) is 23.5 Å². The van der Waals surface area contributed by atoms with Crippen molar-refractivity contribution in [2.45, 2.75) is 44.7 Å². The zero-order valence-electron chi connectivity index (χ0n) is 10.8. The molecule has 2 fully saturated rings. The second kappa shape index (κ2) is 4.74. The molecule has 1 aliphatic heterocycles. The van der Waals surface area contributed by atoms with E-state index in [1.807, 2.05) is 0 Å². The summed E-state index contributed by atoms with van der Waals surface area (Å²) >= 11 is 0. The standard InChI is InChI=1S/C13H15N5O/c1-9(19)18-12(16)11(10(7-14)8-15)17-13(18)5-3-2-4-6-13/h16-17H,2-6H2,1H3. The maximum atomic E-state index is 11.8. The van der Waals surface area contributed by atoms with Crippen LogP contribution in [0.15, 0.2) is 11.3 Å². The summed E-state index contributed by atoms with van der Waals surface area (Å²) < 4.78 is 0. The third-order valence-electron chi connectivity index (χ3n) is 3.72. The van der Waals surface area contributed by atoms with E-state index in [0.717, 1.165) is 32.1 Å². The Balaban J connectivity index is 2.50. The van der Waals surface area contributed by atoms with Crippen LogP contribution >= 0.6 is 0 Å². The molecule has 0 aromatic heterocycles. The Kier molecular flexibility index (Phi) is 3.26. The van der Waals surface area contributed by atoms with Crippen LogP contribution in [0.25, 0.3) is 0 Å². The van der Waals surface area contributed by atoms with Crippen LogP contribution in [-0.4, -0.2) is 22.3 Å². The van der Waals surface area contributed by atoms with Crippen LogP contribution in [0.2, 0.25) is 0 Å². The number of carbonyl (C=O) groups is 1. The topological polar surface area (TPSA) is 104 Å². The highest BCUT2D eigenvalue weighted by molar-refractivity contribution is 6.09. The molecule has 2 aliphatic rings. The predicted octanol–water partition coefficient (Wildman–Crippen LogP) is 1.38. The Hall–Kier alpha value is -2.34. The molecule has 0 aromatic rings. The highest BCUT2D eigenvalue weighted by Gasteiger charge is 2.49. The molecule has 0 radical (unpaired) electrons. The lowest BCUT2D eigenvalue weighted by Gasteiger charge is -2.39. The monoisotopic (exact) mass is 257 g/mol. The SMILES string of the molecule is CC(=O)N1C(=N)C(=C(C#N)C#N)NC12CCCCC2. The van der Waals surface area contributed by atoms with Gasteiger partial charge in [0.05, 0.1) is 0 Å². The summed E-state index contributed by atoms with van der Waals surface area (Å²) in [4.78, 5) is 13.2. The zero-order chi connectivity index (χ0) is 14.0. The molecule has 1 aliphatic carbocycles. The van der Waals surface area contributed by atoms with E-state index in [-0.39, 0.29) is 23.0 Å². The van der Waals surface area contributed by atoms with Crippen molar-refractivity contribution in [3.8, 4) is 12.1 Å². The molecule has 0 aromatic carbocycles. The molecule has 6 nitrogen and oxygen atoms in total. The molecule has 19 heavy (non-hydrogen) atoms. The average molecular weight is 257 g/mol. The van der Waals surface area contributed by atoms with Gasteiger partial charge in [-0.1, -0.05) is 6.42 Å². The molecule has 0 bridgehead atoms. The largest absolute Gasteiger partial charge is 0.358 e. The Labute approximate surface area is 111 Å². The number of hydrogen-bond donors (Lipinski definition) is 2. The quantitative estimate of drug-likeness (QED) is 0.639. The summed E-state index contributed by atoms with van der Waals surface area (Å²) in [6.07, 6.45) is 4.51. The van der Waals surface area contributed by atoms with E-state index in [4.69, 9.17) is 15.9 Å². The lowest BCUT2D eigenvalue weighted by Crippen LogP contribution is -2.55. The van der Waals surface area contributed by atoms with Crippen LogP contribution < -0.4 is 5.32 Å². The van der Waals surface area contributed by atoms with Crippen molar-refractivity contribution in [1.29, 1.82) is 15.9 Å². The van der Waals surface area contributed by atoms with Crippen molar-refractivity contribution in [2.75, 3.05) is 0 Å². The van der Waals surface area contributed by atoms with Crippen LogP contribution in [0.3, 0.4) is 0 Å². The van der Waals surface area contributed by atoms with E-state index in [9.17, 15) is 4.79 Å². The molecular formula is C13H15N5O. The number of rotatable bonds is 0. The highest BCUT2D eigenvalue weighted by Crippen LogP contribution is 2.37. The number of nitrogens with one attached hydrogen (secondary N) is 2. The molecule has 0 unspecified atom stereocenters. The number of hydrogen-bond acceptors (Lipinski definition) is 5. The molecule has 2 N–H and O–H groups in total. The first kappa shape index (κ1) is 13.1. The molecule has 98 valence electrons. The normalized spacial score (nSPS) is 20.7. The van der Waals surface area contributed by atoms with Gasteiger partial charge in [-0.25, -0.2) is 0 Å². The molecule has 1 amide bonds. The second-order valence-corrected chi connectivity index (χ2v) is 4.89. The molecule has 1 heterocycles. The fourth-order valence-electron chi connectivity index (χ4n) is 2.94. The van der Waals surface area contributed by atoms with E-state index >= 15 is 0 Å². The lowest BCUT2D eigenvalue weighted by molar-refractivity contribution is -0.130. The number of amidine groups is 1. The fraction of sp³-hybridized carbons (Fsp3) is 0.538. The van der Waals surface area contributed by atoms with Gasteiger partial charge in [-0.15, -0.1) is 0 Å². The maximum absolute atomic E-state index is 11.8. The summed E-state index contributed by atoms with van der Waals surface area (Å²) in [6.45, 7) is 1.41. The first-order valence-corrected chi connectivity index (χ1v) is 6.28. The van der Waals surface area contributed by atoms with Gasteiger partial charge in [0.25, 0.3) is 0 Å². The van der Waals surface area contributed by atoms with Gasteiger partial charge in [0, 0.05) is 6.92 Å². The van der Waals surface area contributed by atoms with Crippen LogP contribution in [-0.2, 0) is 4.79 Å². The third-order valence-corrected chi connectivity index (χ3v) is 3.72. The Morgan fingerprint density at radius 3 is 2.37 bits per heavy atom. The molecule has 1 saturated heterocycles. The first-order valence-electron chi connectivity index (χ1n) is 6.28. The van der Waals surface area contributed by atoms with E-state index in [0.29, 0.717) is 0 Å². The van der Waals surface area contributed by atoms with Crippen LogP contribution in [0.1, 0.15) is 39.0 Å². The van der Waals surface area contributed by atoms with E-state index in [2.05, 4.69) is 5.32 Å². The highest BCUT2D eigenvalue weighted by atomic mass is 16.2. The second-order valence-electron chi connectivity index (χ2n) is 4.89. The van der Waals surface area contributed by atoms with Gasteiger partial charge in [-0.2, -0.15) is 10.5 Å². The molecular weight excluding hydrogens is 242 g/mol. The minimum Gasteiger partial charge on any atom is -0.358 e. The number of allylic oxidation sites excluding steroid dienone is 1. The number of carbonyl (C=O) groups excluding carboxylic acids is 1. The third kappa shape index (κ3) is 1.96. The van der Waals surface area contributed by atoms with Crippen molar-refractivity contribution in [3.05, 3.63) is 11.3 Å². The number of nitriles is 2. The van der Waals surface area contributed by atoms with Crippen molar-refractivity contribution in [3.63, 3.8) is 0 Å². The van der Waals surface area contributed by atoms with Crippen molar-refractivity contribution in [1.82, 2.24) is 10.2 Å². The summed E-state index contributed by atoms with van der Waals surface area (Å²) in [6, 6.07) is 3.57. The molecule has 6 heteroatoms. The molecule has 1 saturated carbocycles. The molecule has 1 spiro atoms. The van der Waals surface area contributed by atoms with Gasteiger partial charge in [-0.3, -0.25) is 15.1 Å². The van der Waals surface area contributed by atoms with Crippen LogP contribution in [0.4, 0.5) is 0 Å². The first-order chi connectivity index (χ1) is 9.05. The fourth-order valence-corrected chi connectivity index (χ4v) is 2.94. The van der Waals surface area contributed by atoms with E-state index in [1.165, 1.54) is 11.8 Å². The summed E-state index contributed by atoms with van der Waals surface area (Å²) in [5.74, 6) is -0.294. The van der Waals surface area contributed by atoms with Gasteiger partial charge in [0.2, 0.25) is 5.91 Å². The van der Waals surface area contributed by atoms with Crippen molar-refractivity contribution >= 4 is 11.7 Å². The van der Waals surface area contributed by atoms with Gasteiger partial charge in [0.15, 0.2) is 11.4 Å². The molecule has 2 rings (SSSR count). The number of nitrogens with zero attached hydrogens (tertiary/aromatic N) is 3. The van der Waals surface area contributed by atoms with Crippen LogP contribution in [0, 0.1) is 28.1 Å². The zero-order valence-corrected chi connectivity index (χ0v) is 10.8. The van der Waals surface area contributed by atoms with Gasteiger partial charge in [-0.05, 0) is 25.7 Å². The van der Waals surface area contributed by atoms with Crippen molar-refractivity contribution in [2.24, 2.45) is 0 Å². The van der Waals surface area contributed by atoms with Crippen molar-refractivity contribution < 1.29 is 4.79 Å².